The van der Waals surface area contributed by atoms with Crippen molar-refractivity contribution in [2.75, 3.05) is 20.3 Å². The van der Waals surface area contributed by atoms with Crippen LogP contribution in [0.25, 0.3) is 16.8 Å². The summed E-state index contributed by atoms with van der Waals surface area (Å²) in [6, 6.07) is 12.2. The highest BCUT2D eigenvalue weighted by Crippen LogP contribution is 2.22. The van der Waals surface area contributed by atoms with Crippen LogP contribution < -0.4 is 4.74 Å². The summed E-state index contributed by atoms with van der Waals surface area (Å²) in [5, 5.41) is 2.29. The molecule has 0 N–H and O–H groups in total. The van der Waals surface area contributed by atoms with E-state index in [4.69, 9.17) is 9.47 Å². The van der Waals surface area contributed by atoms with E-state index < -0.39 is 0 Å². The van der Waals surface area contributed by atoms with Gasteiger partial charge in [0.2, 0.25) is 0 Å². The van der Waals surface area contributed by atoms with E-state index in [0.717, 1.165) is 54.4 Å². The summed E-state index contributed by atoms with van der Waals surface area (Å²) < 4.78 is 10.9. The van der Waals surface area contributed by atoms with Gasteiger partial charge >= 0.3 is 0 Å². The summed E-state index contributed by atoms with van der Waals surface area (Å²) in [5.41, 5.74) is 1.02. The predicted octanol–water partition coefficient (Wildman–Crippen LogP) is 4.64. The van der Waals surface area contributed by atoms with Crippen LogP contribution >= 0.6 is 0 Å². The lowest BCUT2D eigenvalue weighted by Gasteiger charge is -2.08. The molecule has 2 aromatic carbocycles. The second kappa shape index (κ2) is 9.80. The Morgan fingerprint density at radius 2 is 1.65 bits per heavy atom. The van der Waals surface area contributed by atoms with E-state index in [1.807, 2.05) is 12.1 Å². The molecule has 0 amide bonds. The molecule has 0 spiro atoms. The number of rotatable bonds is 10. The Morgan fingerprint density at radius 3 is 2.43 bits per heavy atom. The van der Waals surface area contributed by atoms with Crippen molar-refractivity contribution in [2.45, 2.75) is 25.7 Å². The fraction of sp³-hybridized carbons (Fsp3) is 0.350. The van der Waals surface area contributed by atoms with E-state index in [-0.39, 0.29) is 0 Å². The average Bonchev–Trinajstić information content (AvgIpc) is 2.59. The summed E-state index contributed by atoms with van der Waals surface area (Å²) in [7, 11) is 1.74. The van der Waals surface area contributed by atoms with Gasteiger partial charge in [-0.25, -0.2) is 0 Å². The van der Waals surface area contributed by atoms with Gasteiger partial charge in [0.05, 0.1) is 6.61 Å². The van der Waals surface area contributed by atoms with E-state index in [2.05, 4.69) is 24.3 Å². The Kier molecular flexibility index (Phi) is 7.34. The maximum absolute atomic E-state index is 10.4. The number of ether oxygens (including phenoxy) is 2. The van der Waals surface area contributed by atoms with Crippen LogP contribution in [-0.2, 0) is 9.53 Å². The molecule has 0 aliphatic carbocycles. The summed E-state index contributed by atoms with van der Waals surface area (Å²) in [6.07, 6.45) is 8.64. The number of hydrogen-bond acceptors (Lipinski definition) is 3. The minimum absolute atomic E-state index is 0.749. The molecule has 0 aliphatic rings. The molecule has 0 saturated carbocycles. The van der Waals surface area contributed by atoms with Gasteiger partial charge in [-0.3, -0.25) is 4.79 Å². The van der Waals surface area contributed by atoms with Crippen molar-refractivity contribution in [1.82, 2.24) is 0 Å². The lowest BCUT2D eigenvalue weighted by atomic mass is 10.1. The Bertz CT molecular complexity index is 646. The smallest absolute Gasteiger partial charge is 0.142 e. The van der Waals surface area contributed by atoms with Crippen LogP contribution in [0.4, 0.5) is 0 Å². The fourth-order valence-electron chi connectivity index (χ4n) is 2.48. The summed E-state index contributed by atoms with van der Waals surface area (Å²) in [6.45, 7) is 1.59. The van der Waals surface area contributed by atoms with Gasteiger partial charge in [0.1, 0.15) is 12.0 Å². The first-order valence-corrected chi connectivity index (χ1v) is 8.11. The molecule has 0 radical (unpaired) electrons. The molecule has 3 nitrogen and oxygen atoms in total. The van der Waals surface area contributed by atoms with Gasteiger partial charge in [0, 0.05) is 13.7 Å². The van der Waals surface area contributed by atoms with Crippen LogP contribution in [0.2, 0.25) is 0 Å². The molecule has 0 aromatic heterocycles. The molecular formula is C20H24O3. The second-order valence-electron chi connectivity index (χ2n) is 5.52. The van der Waals surface area contributed by atoms with Crippen molar-refractivity contribution in [3.8, 4) is 5.75 Å². The monoisotopic (exact) mass is 312 g/mol. The quantitative estimate of drug-likeness (QED) is 0.364. The van der Waals surface area contributed by atoms with Crippen molar-refractivity contribution in [1.29, 1.82) is 0 Å². The van der Waals surface area contributed by atoms with Crippen molar-refractivity contribution < 1.29 is 14.3 Å². The Labute approximate surface area is 137 Å². The fourth-order valence-corrected chi connectivity index (χ4v) is 2.48. The number of allylic oxidation sites excluding steroid dienone is 1. The molecule has 2 rings (SSSR count). The number of fused-ring (bicyclic) bond motifs is 1. The van der Waals surface area contributed by atoms with Crippen LogP contribution in [0.5, 0.6) is 5.75 Å². The zero-order valence-electron chi connectivity index (χ0n) is 13.7. The van der Waals surface area contributed by atoms with E-state index in [1.54, 1.807) is 13.2 Å². The number of carbonyl (C=O) groups excluding carboxylic acids is 1. The van der Waals surface area contributed by atoms with Crippen molar-refractivity contribution in [2.24, 2.45) is 0 Å². The van der Waals surface area contributed by atoms with E-state index in [9.17, 15) is 4.79 Å². The molecule has 23 heavy (non-hydrogen) atoms. The zero-order chi connectivity index (χ0) is 16.3. The first kappa shape index (κ1) is 17.2. The van der Waals surface area contributed by atoms with Crippen LogP contribution in [0.1, 0.15) is 31.2 Å². The topological polar surface area (TPSA) is 35.5 Å². The van der Waals surface area contributed by atoms with Crippen LogP contribution in [-0.4, -0.2) is 26.6 Å². The van der Waals surface area contributed by atoms with E-state index in [1.165, 1.54) is 18.9 Å². The minimum Gasteiger partial charge on any atom is -0.494 e. The minimum atomic E-state index is 0.749. The Balaban J connectivity index is 1.85. The van der Waals surface area contributed by atoms with Crippen LogP contribution in [0.15, 0.2) is 42.5 Å². The first-order valence-electron chi connectivity index (χ1n) is 8.11. The average molecular weight is 312 g/mol. The SMILES string of the molecule is COCCCCCCOc1ccc2cc(/C=C/C=O)ccc2c1. The highest BCUT2D eigenvalue weighted by atomic mass is 16.5. The third-order valence-corrected chi connectivity index (χ3v) is 3.71. The lowest BCUT2D eigenvalue weighted by molar-refractivity contribution is -0.104. The van der Waals surface area contributed by atoms with E-state index >= 15 is 0 Å². The summed E-state index contributed by atoms with van der Waals surface area (Å²) >= 11 is 0. The van der Waals surface area contributed by atoms with Crippen molar-refractivity contribution >= 4 is 23.1 Å². The van der Waals surface area contributed by atoms with Gasteiger partial charge in [-0.15, -0.1) is 0 Å². The molecule has 0 unspecified atom stereocenters. The summed E-state index contributed by atoms with van der Waals surface area (Å²) in [5.74, 6) is 0.908. The number of carbonyl (C=O) groups is 1. The van der Waals surface area contributed by atoms with Crippen molar-refractivity contribution in [3.63, 3.8) is 0 Å². The largest absolute Gasteiger partial charge is 0.494 e. The molecule has 122 valence electrons. The zero-order valence-corrected chi connectivity index (χ0v) is 13.7. The highest BCUT2D eigenvalue weighted by molar-refractivity contribution is 5.87. The van der Waals surface area contributed by atoms with Gasteiger partial charge in [-0.1, -0.05) is 30.7 Å². The van der Waals surface area contributed by atoms with Crippen LogP contribution in [0, 0.1) is 0 Å². The van der Waals surface area contributed by atoms with Gasteiger partial charge in [0.25, 0.3) is 0 Å². The van der Waals surface area contributed by atoms with Crippen molar-refractivity contribution in [3.05, 3.63) is 48.0 Å². The molecule has 2 aromatic rings. The molecule has 0 atom stereocenters. The lowest BCUT2D eigenvalue weighted by Crippen LogP contribution is -1.98. The third kappa shape index (κ3) is 5.87. The van der Waals surface area contributed by atoms with Gasteiger partial charge in [-0.05, 0) is 59.9 Å². The van der Waals surface area contributed by atoms with Crippen LogP contribution in [0.3, 0.4) is 0 Å². The Morgan fingerprint density at radius 1 is 0.913 bits per heavy atom. The standard InChI is InChI=1S/C20H24O3/c1-22-13-4-2-3-5-14-23-20-11-10-18-15-17(7-6-12-21)8-9-19(18)16-20/h6-12,15-16H,2-5,13-14H2,1H3/b7-6+. The predicted molar refractivity (Wildman–Crippen MR) is 94.9 cm³/mol. The van der Waals surface area contributed by atoms with Gasteiger partial charge < -0.3 is 9.47 Å². The highest BCUT2D eigenvalue weighted by Gasteiger charge is 1.99. The molecule has 0 aliphatic heterocycles. The number of benzene rings is 2. The number of hydrogen-bond donors (Lipinski definition) is 0. The summed E-state index contributed by atoms with van der Waals surface area (Å²) in [4.78, 5) is 10.4. The molecule has 0 saturated heterocycles. The van der Waals surface area contributed by atoms with Gasteiger partial charge in [-0.2, -0.15) is 0 Å². The molecular weight excluding hydrogens is 288 g/mol. The molecule has 0 fully saturated rings. The Hall–Kier alpha value is -2.13. The molecule has 0 bridgehead atoms. The third-order valence-electron chi connectivity index (χ3n) is 3.71. The maximum atomic E-state index is 10.4. The van der Waals surface area contributed by atoms with Gasteiger partial charge in [0.15, 0.2) is 0 Å². The second-order valence-corrected chi connectivity index (χ2v) is 5.52. The number of unbranched alkanes of at least 4 members (excludes halogenated alkanes) is 3. The maximum Gasteiger partial charge on any atom is 0.142 e. The number of aldehydes is 1. The first-order chi connectivity index (χ1) is 11.3. The van der Waals surface area contributed by atoms with E-state index in [0.29, 0.717) is 0 Å². The number of methoxy groups -OCH3 is 1. The molecule has 3 heteroatoms. The molecule has 0 heterocycles. The normalized spacial score (nSPS) is 11.2.